The molecule has 0 radical (unpaired) electrons. The second kappa shape index (κ2) is 7.11. The lowest BCUT2D eigenvalue weighted by Gasteiger charge is -2.39. The summed E-state index contributed by atoms with van der Waals surface area (Å²) in [4.78, 5) is 0. The van der Waals surface area contributed by atoms with Crippen LogP contribution >= 0.6 is 0 Å². The summed E-state index contributed by atoms with van der Waals surface area (Å²) in [5.41, 5.74) is 3.49. The standard InChI is InChI=1S/C17H34OSi2/c1-11-12-15(2)16(13-14-19(6,7)8)18-20(9,10)17(3,4)5/h11,15-16H,1,12H2,2-10H3/t15-,16-/m1/s1. The lowest BCUT2D eigenvalue weighted by Crippen LogP contribution is -2.45. The predicted octanol–water partition coefficient (Wildman–Crippen LogP) is 5.47. The molecule has 0 aliphatic carbocycles. The Morgan fingerprint density at radius 2 is 1.65 bits per heavy atom. The monoisotopic (exact) mass is 310 g/mol. The molecule has 0 aliphatic rings. The molecule has 0 rings (SSSR count). The zero-order chi connectivity index (χ0) is 16.2. The summed E-state index contributed by atoms with van der Waals surface area (Å²) < 4.78 is 6.55. The number of allylic oxidation sites excluding steroid dienone is 1. The normalized spacial score (nSPS) is 16.1. The molecular weight excluding hydrogens is 276 g/mol. The summed E-state index contributed by atoms with van der Waals surface area (Å²) in [6.07, 6.45) is 2.98. The van der Waals surface area contributed by atoms with E-state index in [1.165, 1.54) is 0 Å². The van der Waals surface area contributed by atoms with E-state index >= 15 is 0 Å². The first-order valence-electron chi connectivity index (χ1n) is 7.61. The maximum absolute atomic E-state index is 6.55. The second-order valence-corrected chi connectivity index (χ2v) is 17.8. The van der Waals surface area contributed by atoms with Crippen molar-refractivity contribution in [2.75, 3.05) is 0 Å². The zero-order valence-electron chi connectivity index (χ0n) is 15.1. The molecule has 0 heterocycles. The van der Waals surface area contributed by atoms with Gasteiger partial charge in [-0.25, -0.2) is 0 Å². The Morgan fingerprint density at radius 3 is 2.00 bits per heavy atom. The molecule has 2 atom stereocenters. The third-order valence-electron chi connectivity index (χ3n) is 3.87. The molecule has 0 aromatic heterocycles. The van der Waals surface area contributed by atoms with E-state index in [0.29, 0.717) is 5.92 Å². The molecule has 20 heavy (non-hydrogen) atoms. The fourth-order valence-corrected chi connectivity index (χ4v) is 3.31. The maximum atomic E-state index is 6.55. The second-order valence-electron chi connectivity index (χ2n) is 8.32. The summed E-state index contributed by atoms with van der Waals surface area (Å²) in [6, 6.07) is 0. The molecule has 0 fully saturated rings. The van der Waals surface area contributed by atoms with Crippen LogP contribution in [0.1, 0.15) is 34.1 Å². The van der Waals surface area contributed by atoms with Crippen molar-refractivity contribution in [1.29, 1.82) is 0 Å². The average Bonchev–Trinajstić information content (AvgIpc) is 2.21. The molecule has 3 heteroatoms. The lowest BCUT2D eigenvalue weighted by atomic mass is 10.0. The van der Waals surface area contributed by atoms with Crippen molar-refractivity contribution in [3.8, 4) is 11.5 Å². The summed E-state index contributed by atoms with van der Waals surface area (Å²) in [6.45, 7) is 24.4. The van der Waals surface area contributed by atoms with E-state index in [1.54, 1.807) is 0 Å². The molecule has 0 amide bonds. The quantitative estimate of drug-likeness (QED) is 0.372. The van der Waals surface area contributed by atoms with Crippen molar-refractivity contribution in [3.05, 3.63) is 12.7 Å². The van der Waals surface area contributed by atoms with E-state index in [1.807, 2.05) is 6.08 Å². The fourth-order valence-electron chi connectivity index (χ4n) is 1.46. The van der Waals surface area contributed by atoms with Gasteiger partial charge in [-0.05, 0) is 30.5 Å². The highest BCUT2D eigenvalue weighted by molar-refractivity contribution is 6.83. The van der Waals surface area contributed by atoms with Crippen molar-refractivity contribution in [2.45, 2.75) is 78.0 Å². The van der Waals surface area contributed by atoms with Crippen LogP contribution in [0.25, 0.3) is 0 Å². The van der Waals surface area contributed by atoms with Gasteiger partial charge in [0.25, 0.3) is 0 Å². The van der Waals surface area contributed by atoms with Crippen molar-refractivity contribution >= 4 is 16.4 Å². The topological polar surface area (TPSA) is 9.23 Å². The summed E-state index contributed by atoms with van der Waals surface area (Å²) in [5.74, 6) is 3.86. The Kier molecular flexibility index (Phi) is 7.00. The van der Waals surface area contributed by atoms with Crippen molar-refractivity contribution in [2.24, 2.45) is 5.92 Å². The van der Waals surface area contributed by atoms with E-state index < -0.39 is 16.4 Å². The van der Waals surface area contributed by atoms with Gasteiger partial charge in [-0.1, -0.05) is 59.3 Å². The van der Waals surface area contributed by atoms with E-state index in [4.69, 9.17) is 4.43 Å². The molecule has 0 spiro atoms. The fraction of sp³-hybridized carbons (Fsp3) is 0.765. The Bertz CT molecular complexity index is 375. The van der Waals surface area contributed by atoms with Gasteiger partial charge in [0.2, 0.25) is 0 Å². The van der Waals surface area contributed by atoms with E-state index in [0.717, 1.165) is 6.42 Å². The molecule has 1 nitrogen and oxygen atoms in total. The zero-order valence-corrected chi connectivity index (χ0v) is 17.1. The van der Waals surface area contributed by atoms with Gasteiger partial charge >= 0.3 is 0 Å². The van der Waals surface area contributed by atoms with Gasteiger partial charge in [-0.2, -0.15) is 0 Å². The lowest BCUT2D eigenvalue weighted by molar-refractivity contribution is 0.178. The van der Waals surface area contributed by atoms with E-state index in [-0.39, 0.29) is 11.1 Å². The SMILES string of the molecule is C=CC[C@@H](C)[C@@H](C#C[Si](C)(C)C)O[Si](C)(C)C(C)(C)C. The molecule has 0 aliphatic heterocycles. The van der Waals surface area contributed by atoms with E-state index in [9.17, 15) is 0 Å². The van der Waals surface area contributed by atoms with Crippen LogP contribution in [0.3, 0.4) is 0 Å². The van der Waals surface area contributed by atoms with Crippen LogP contribution in [-0.2, 0) is 4.43 Å². The number of hydrogen-bond acceptors (Lipinski definition) is 1. The van der Waals surface area contributed by atoms with Gasteiger partial charge in [0.05, 0.1) is 0 Å². The predicted molar refractivity (Wildman–Crippen MR) is 97.2 cm³/mol. The molecule has 0 bridgehead atoms. The molecule has 0 unspecified atom stereocenters. The largest absolute Gasteiger partial charge is 0.403 e. The molecule has 0 saturated carbocycles. The Morgan fingerprint density at radius 1 is 1.15 bits per heavy atom. The molecule has 0 aromatic carbocycles. The minimum Gasteiger partial charge on any atom is -0.403 e. The van der Waals surface area contributed by atoms with Crippen molar-refractivity contribution in [3.63, 3.8) is 0 Å². The summed E-state index contributed by atoms with van der Waals surface area (Å²) in [5, 5.41) is 0.222. The third kappa shape index (κ3) is 6.92. The van der Waals surface area contributed by atoms with Crippen molar-refractivity contribution < 1.29 is 4.43 Å². The molecule has 0 N–H and O–H groups in total. The first-order valence-corrected chi connectivity index (χ1v) is 14.0. The highest BCUT2D eigenvalue weighted by Gasteiger charge is 2.39. The molecule has 0 aromatic rings. The highest BCUT2D eigenvalue weighted by atomic mass is 28.4. The van der Waals surface area contributed by atoms with Crippen molar-refractivity contribution in [1.82, 2.24) is 0 Å². The first kappa shape index (κ1) is 19.7. The summed E-state index contributed by atoms with van der Waals surface area (Å²) >= 11 is 0. The van der Waals surface area contributed by atoms with Gasteiger partial charge < -0.3 is 4.43 Å². The minimum atomic E-state index is -1.78. The molecule has 116 valence electrons. The average molecular weight is 311 g/mol. The minimum absolute atomic E-state index is 0.0422. The highest BCUT2D eigenvalue weighted by Crippen LogP contribution is 2.38. The Hall–Kier alpha value is -0.306. The maximum Gasteiger partial charge on any atom is 0.193 e. The number of rotatable bonds is 5. The van der Waals surface area contributed by atoms with E-state index in [2.05, 4.69) is 78.5 Å². The van der Waals surface area contributed by atoms with Crippen LogP contribution in [0.5, 0.6) is 0 Å². The van der Waals surface area contributed by atoms with Gasteiger partial charge in [0.1, 0.15) is 14.2 Å². The van der Waals surface area contributed by atoms with Crippen LogP contribution in [-0.4, -0.2) is 22.5 Å². The van der Waals surface area contributed by atoms with Gasteiger partial charge in [0.15, 0.2) is 8.32 Å². The van der Waals surface area contributed by atoms with Crippen LogP contribution < -0.4 is 0 Å². The van der Waals surface area contributed by atoms with Crippen LogP contribution in [0, 0.1) is 17.4 Å². The third-order valence-corrected chi connectivity index (χ3v) is 9.22. The van der Waals surface area contributed by atoms with Gasteiger partial charge in [-0.3, -0.25) is 0 Å². The molecular formula is C17H34OSi2. The Balaban J connectivity index is 5.23. The van der Waals surface area contributed by atoms with Gasteiger partial charge in [-0.15, -0.1) is 12.1 Å². The van der Waals surface area contributed by atoms with Crippen LogP contribution in [0.4, 0.5) is 0 Å². The molecule has 0 saturated heterocycles. The van der Waals surface area contributed by atoms with Gasteiger partial charge in [0, 0.05) is 0 Å². The first-order chi connectivity index (χ1) is 8.80. The Labute approximate surface area is 129 Å². The van der Waals surface area contributed by atoms with Crippen LogP contribution in [0.15, 0.2) is 12.7 Å². The number of hydrogen-bond donors (Lipinski definition) is 0. The smallest absolute Gasteiger partial charge is 0.193 e. The summed E-state index contributed by atoms with van der Waals surface area (Å²) in [7, 11) is -3.14. The van der Waals surface area contributed by atoms with Crippen LogP contribution in [0.2, 0.25) is 37.8 Å².